The zero-order chi connectivity index (χ0) is 12.7. The van der Waals surface area contributed by atoms with Crippen LogP contribution in [0.5, 0.6) is 0 Å². The molecule has 2 nitrogen and oxygen atoms in total. The third-order valence-electron chi connectivity index (χ3n) is 2.99. The summed E-state index contributed by atoms with van der Waals surface area (Å²) in [6.45, 7) is 7.93. The average molecular weight is 235 g/mol. The molecule has 0 saturated carbocycles. The fourth-order valence-electron chi connectivity index (χ4n) is 1.88. The molecule has 2 unspecified atom stereocenters. The summed E-state index contributed by atoms with van der Waals surface area (Å²) >= 11 is 0. The smallest absolute Gasteiger partial charge is 0.0659 e. The van der Waals surface area contributed by atoms with Gasteiger partial charge in [0.25, 0.3) is 0 Å². The van der Waals surface area contributed by atoms with E-state index >= 15 is 0 Å². The maximum Gasteiger partial charge on any atom is 0.0659 e. The minimum Gasteiger partial charge on any atom is -0.379 e. The van der Waals surface area contributed by atoms with Gasteiger partial charge in [-0.3, -0.25) is 0 Å². The molecule has 0 bridgehead atoms. The van der Waals surface area contributed by atoms with Gasteiger partial charge in [-0.2, -0.15) is 0 Å². The second-order valence-electron chi connectivity index (χ2n) is 4.95. The largest absolute Gasteiger partial charge is 0.379 e. The first-order valence-corrected chi connectivity index (χ1v) is 6.53. The van der Waals surface area contributed by atoms with Crippen LogP contribution in [0.15, 0.2) is 24.3 Å². The molecule has 0 aliphatic rings. The monoisotopic (exact) mass is 235 g/mol. The predicted molar refractivity (Wildman–Crippen MR) is 73.0 cm³/mol. The van der Waals surface area contributed by atoms with E-state index in [2.05, 4.69) is 45.0 Å². The highest BCUT2D eigenvalue weighted by Gasteiger charge is 2.07. The van der Waals surface area contributed by atoms with E-state index in [1.54, 1.807) is 0 Å². The molecule has 0 heterocycles. The Balaban J connectivity index is 2.29. The van der Waals surface area contributed by atoms with Crippen LogP contribution in [0, 0.1) is 12.8 Å². The number of nitrogens with two attached hydrogens (primary N) is 1. The summed E-state index contributed by atoms with van der Waals surface area (Å²) in [5.41, 5.74) is 8.49. The van der Waals surface area contributed by atoms with Gasteiger partial charge in [-0.05, 0) is 24.8 Å². The van der Waals surface area contributed by atoms with Crippen molar-refractivity contribution in [3.8, 4) is 0 Å². The molecule has 1 rings (SSSR count). The highest BCUT2D eigenvalue weighted by molar-refractivity contribution is 5.23. The van der Waals surface area contributed by atoms with Crippen molar-refractivity contribution in [3.05, 3.63) is 35.4 Å². The molecule has 2 heteroatoms. The van der Waals surface area contributed by atoms with Crippen molar-refractivity contribution in [2.45, 2.75) is 39.7 Å². The Bertz CT molecular complexity index is 307. The summed E-state index contributed by atoms with van der Waals surface area (Å²) in [7, 11) is 0. The van der Waals surface area contributed by atoms with Gasteiger partial charge in [0.05, 0.1) is 12.6 Å². The van der Waals surface area contributed by atoms with Gasteiger partial charge in [0.2, 0.25) is 0 Å². The minimum absolute atomic E-state index is 0.00979. The molecule has 1 aromatic rings. The molecule has 0 spiro atoms. The maximum absolute atomic E-state index is 6.08. The first-order valence-electron chi connectivity index (χ1n) is 6.53. The van der Waals surface area contributed by atoms with E-state index in [-0.39, 0.29) is 6.04 Å². The minimum atomic E-state index is -0.00979. The van der Waals surface area contributed by atoms with Crippen molar-refractivity contribution >= 4 is 0 Å². The van der Waals surface area contributed by atoms with Crippen molar-refractivity contribution in [1.82, 2.24) is 0 Å². The molecular formula is C15H25NO. The molecule has 0 aromatic heterocycles. The third-order valence-corrected chi connectivity index (χ3v) is 2.99. The Morgan fingerprint density at radius 3 is 2.41 bits per heavy atom. The summed E-state index contributed by atoms with van der Waals surface area (Å²) in [6.07, 6.45) is 2.44. The second-order valence-corrected chi connectivity index (χ2v) is 4.95. The molecule has 0 aliphatic carbocycles. The number of ether oxygens (including phenoxy) is 1. The van der Waals surface area contributed by atoms with Crippen molar-refractivity contribution in [3.63, 3.8) is 0 Å². The Kier molecular flexibility index (Phi) is 6.23. The van der Waals surface area contributed by atoms with Crippen molar-refractivity contribution in [1.29, 1.82) is 0 Å². The normalized spacial score (nSPS) is 14.6. The number of hydrogen-bond donors (Lipinski definition) is 1. The summed E-state index contributed by atoms with van der Waals surface area (Å²) in [6, 6.07) is 8.34. The van der Waals surface area contributed by atoms with Gasteiger partial charge in [-0.1, -0.05) is 50.1 Å². The Hall–Kier alpha value is -0.860. The zero-order valence-corrected chi connectivity index (χ0v) is 11.3. The maximum atomic E-state index is 6.08. The summed E-state index contributed by atoms with van der Waals surface area (Å²) in [4.78, 5) is 0. The molecule has 0 aliphatic heterocycles. The van der Waals surface area contributed by atoms with Crippen LogP contribution in [-0.4, -0.2) is 13.2 Å². The van der Waals surface area contributed by atoms with Gasteiger partial charge in [0.1, 0.15) is 0 Å². The first kappa shape index (κ1) is 14.2. The molecule has 0 amide bonds. The number of hydrogen-bond acceptors (Lipinski definition) is 2. The quantitative estimate of drug-likeness (QED) is 0.785. The average Bonchev–Trinajstić information content (AvgIpc) is 2.30. The Morgan fingerprint density at radius 1 is 1.18 bits per heavy atom. The van der Waals surface area contributed by atoms with Crippen LogP contribution in [0.4, 0.5) is 0 Å². The van der Waals surface area contributed by atoms with Crippen molar-refractivity contribution in [2.75, 3.05) is 13.2 Å². The summed E-state index contributed by atoms with van der Waals surface area (Å²) in [5, 5.41) is 0. The first-order chi connectivity index (χ1) is 8.13. The van der Waals surface area contributed by atoms with E-state index in [9.17, 15) is 0 Å². The second kappa shape index (κ2) is 7.46. The third kappa shape index (κ3) is 5.33. The van der Waals surface area contributed by atoms with Gasteiger partial charge in [-0.25, -0.2) is 0 Å². The lowest BCUT2D eigenvalue weighted by atomic mass is 10.1. The van der Waals surface area contributed by atoms with E-state index in [0.717, 1.165) is 12.2 Å². The summed E-state index contributed by atoms with van der Waals surface area (Å²) < 4.78 is 5.67. The SMILES string of the molecule is CCCC(C)COCC(N)c1ccc(C)cc1. The number of aryl methyl sites for hydroxylation is 1. The molecule has 2 N–H and O–H groups in total. The van der Waals surface area contributed by atoms with Gasteiger partial charge in [0, 0.05) is 6.61 Å². The van der Waals surface area contributed by atoms with Crippen LogP contribution in [0.25, 0.3) is 0 Å². The molecule has 96 valence electrons. The van der Waals surface area contributed by atoms with Crippen LogP contribution >= 0.6 is 0 Å². The standard InChI is InChI=1S/C15H25NO/c1-4-5-13(3)10-17-11-15(16)14-8-6-12(2)7-9-14/h6-9,13,15H,4-5,10-11,16H2,1-3H3. The van der Waals surface area contributed by atoms with Crippen LogP contribution in [0.2, 0.25) is 0 Å². The molecule has 1 aromatic carbocycles. The predicted octanol–water partition coefficient (Wildman–Crippen LogP) is 3.45. The van der Waals surface area contributed by atoms with Gasteiger partial charge >= 0.3 is 0 Å². The number of benzene rings is 1. The topological polar surface area (TPSA) is 35.2 Å². The molecule has 0 fully saturated rings. The van der Waals surface area contributed by atoms with E-state index < -0.39 is 0 Å². The highest BCUT2D eigenvalue weighted by Crippen LogP contribution is 2.13. The van der Waals surface area contributed by atoms with Crippen molar-refractivity contribution in [2.24, 2.45) is 11.7 Å². The lowest BCUT2D eigenvalue weighted by Crippen LogP contribution is -2.19. The van der Waals surface area contributed by atoms with E-state index in [4.69, 9.17) is 10.5 Å². The molecule has 17 heavy (non-hydrogen) atoms. The van der Waals surface area contributed by atoms with Crippen LogP contribution in [0.1, 0.15) is 43.9 Å². The molecule has 0 radical (unpaired) electrons. The fraction of sp³-hybridized carbons (Fsp3) is 0.600. The van der Waals surface area contributed by atoms with Crippen LogP contribution < -0.4 is 5.73 Å². The van der Waals surface area contributed by atoms with Crippen LogP contribution in [0.3, 0.4) is 0 Å². The lowest BCUT2D eigenvalue weighted by molar-refractivity contribution is 0.0909. The lowest BCUT2D eigenvalue weighted by Gasteiger charge is -2.15. The number of rotatable bonds is 7. The van der Waals surface area contributed by atoms with Gasteiger partial charge in [-0.15, -0.1) is 0 Å². The van der Waals surface area contributed by atoms with Gasteiger partial charge in [0.15, 0.2) is 0 Å². The molecular weight excluding hydrogens is 210 g/mol. The van der Waals surface area contributed by atoms with E-state index in [1.165, 1.54) is 18.4 Å². The van der Waals surface area contributed by atoms with E-state index in [1.807, 2.05) is 0 Å². The Morgan fingerprint density at radius 2 is 1.82 bits per heavy atom. The Labute approximate surface area is 105 Å². The summed E-state index contributed by atoms with van der Waals surface area (Å²) in [5.74, 6) is 0.630. The molecule has 0 saturated heterocycles. The molecule has 2 atom stereocenters. The fourth-order valence-corrected chi connectivity index (χ4v) is 1.88. The van der Waals surface area contributed by atoms with Gasteiger partial charge < -0.3 is 10.5 Å². The zero-order valence-electron chi connectivity index (χ0n) is 11.3. The van der Waals surface area contributed by atoms with E-state index in [0.29, 0.717) is 12.5 Å². The highest BCUT2D eigenvalue weighted by atomic mass is 16.5. The van der Waals surface area contributed by atoms with Crippen LogP contribution in [-0.2, 0) is 4.74 Å². The van der Waals surface area contributed by atoms with Crippen molar-refractivity contribution < 1.29 is 4.74 Å².